The molecule has 0 fully saturated rings. The Morgan fingerprint density at radius 2 is 2.29 bits per heavy atom. The minimum absolute atomic E-state index is 0. The number of rotatable bonds is 2. The molecule has 14 heavy (non-hydrogen) atoms. The molecular weight excluding hydrogens is 218 g/mol. The minimum atomic E-state index is 0. The number of imidazole rings is 1. The van der Waals surface area contributed by atoms with Crippen LogP contribution in [0.2, 0.25) is 0 Å². The number of nitrogens with zero attached hydrogens (tertiary/aromatic N) is 1. The quantitative estimate of drug-likeness (QED) is 0.832. The largest absolute Gasteiger partial charge is 0.344 e. The van der Waals surface area contributed by atoms with Gasteiger partial charge in [-0.15, -0.1) is 23.7 Å². The van der Waals surface area contributed by atoms with Crippen LogP contribution in [0.3, 0.4) is 0 Å². The summed E-state index contributed by atoms with van der Waals surface area (Å²) in [7, 11) is 0. The fourth-order valence-electron chi connectivity index (χ4n) is 1.12. The van der Waals surface area contributed by atoms with Crippen LogP contribution in [0.1, 0.15) is 17.8 Å². The van der Waals surface area contributed by atoms with Crippen LogP contribution in [-0.4, -0.2) is 9.97 Å². The molecule has 0 amide bonds. The van der Waals surface area contributed by atoms with Crippen molar-refractivity contribution < 1.29 is 0 Å². The SMILES string of the molecule is CC(N)c1ccc(-c2ncc[nH]2)s1.Cl. The molecule has 3 N–H and O–H groups in total. The molecule has 2 heterocycles. The van der Waals surface area contributed by atoms with E-state index in [1.807, 2.05) is 25.3 Å². The maximum atomic E-state index is 5.76. The molecule has 2 aromatic heterocycles. The number of thiophene rings is 1. The number of aromatic amines is 1. The zero-order valence-electron chi connectivity index (χ0n) is 7.73. The van der Waals surface area contributed by atoms with Gasteiger partial charge in [0.2, 0.25) is 0 Å². The Bertz CT molecular complexity index is 380. The molecule has 76 valence electrons. The first-order valence-electron chi connectivity index (χ1n) is 4.12. The van der Waals surface area contributed by atoms with E-state index in [4.69, 9.17) is 5.73 Å². The lowest BCUT2D eigenvalue weighted by atomic mass is 10.3. The third-order valence-electron chi connectivity index (χ3n) is 1.81. The van der Waals surface area contributed by atoms with Crippen molar-refractivity contribution in [1.82, 2.24) is 9.97 Å². The number of hydrogen-bond donors (Lipinski definition) is 2. The van der Waals surface area contributed by atoms with Gasteiger partial charge in [-0.3, -0.25) is 0 Å². The van der Waals surface area contributed by atoms with Crippen LogP contribution in [0.5, 0.6) is 0 Å². The molecule has 2 aromatic rings. The van der Waals surface area contributed by atoms with Crippen molar-refractivity contribution in [3.05, 3.63) is 29.4 Å². The van der Waals surface area contributed by atoms with E-state index in [-0.39, 0.29) is 18.4 Å². The van der Waals surface area contributed by atoms with Crippen LogP contribution in [-0.2, 0) is 0 Å². The van der Waals surface area contributed by atoms with E-state index < -0.39 is 0 Å². The molecule has 0 bridgehead atoms. The fraction of sp³-hybridized carbons (Fsp3) is 0.222. The van der Waals surface area contributed by atoms with Crippen LogP contribution in [0.15, 0.2) is 24.5 Å². The lowest BCUT2D eigenvalue weighted by Gasteiger charge is -1.97. The Morgan fingerprint density at radius 3 is 2.79 bits per heavy atom. The van der Waals surface area contributed by atoms with Crippen molar-refractivity contribution in [1.29, 1.82) is 0 Å². The van der Waals surface area contributed by atoms with E-state index in [0.717, 1.165) is 10.7 Å². The molecule has 0 aliphatic rings. The lowest BCUT2D eigenvalue weighted by Crippen LogP contribution is -2.01. The minimum Gasteiger partial charge on any atom is -0.344 e. The van der Waals surface area contributed by atoms with Crippen LogP contribution < -0.4 is 5.73 Å². The first kappa shape index (κ1) is 11.2. The van der Waals surface area contributed by atoms with E-state index in [9.17, 15) is 0 Å². The Kier molecular flexibility index (Phi) is 3.69. The first-order chi connectivity index (χ1) is 6.27. The van der Waals surface area contributed by atoms with Crippen molar-refractivity contribution in [3.8, 4) is 10.7 Å². The molecule has 0 radical (unpaired) electrons. The summed E-state index contributed by atoms with van der Waals surface area (Å²) in [6.07, 6.45) is 3.57. The highest BCUT2D eigenvalue weighted by Gasteiger charge is 2.06. The molecule has 0 aromatic carbocycles. The molecular formula is C9H12ClN3S. The first-order valence-corrected chi connectivity index (χ1v) is 4.94. The van der Waals surface area contributed by atoms with Gasteiger partial charge in [0, 0.05) is 23.3 Å². The highest BCUT2D eigenvalue weighted by Crippen LogP contribution is 2.27. The summed E-state index contributed by atoms with van der Waals surface area (Å²) in [6.45, 7) is 1.98. The second-order valence-corrected chi connectivity index (χ2v) is 4.04. The van der Waals surface area contributed by atoms with Gasteiger partial charge in [-0.25, -0.2) is 4.98 Å². The van der Waals surface area contributed by atoms with Crippen LogP contribution in [0.4, 0.5) is 0 Å². The lowest BCUT2D eigenvalue weighted by molar-refractivity contribution is 0.838. The molecule has 1 atom stereocenters. The van der Waals surface area contributed by atoms with Gasteiger partial charge < -0.3 is 10.7 Å². The summed E-state index contributed by atoms with van der Waals surface area (Å²) >= 11 is 1.68. The molecule has 2 rings (SSSR count). The van der Waals surface area contributed by atoms with Crippen molar-refractivity contribution in [2.24, 2.45) is 5.73 Å². The average molecular weight is 230 g/mol. The van der Waals surface area contributed by atoms with Crippen LogP contribution in [0.25, 0.3) is 10.7 Å². The van der Waals surface area contributed by atoms with Crippen molar-refractivity contribution >= 4 is 23.7 Å². The van der Waals surface area contributed by atoms with Gasteiger partial charge in [0.25, 0.3) is 0 Å². The van der Waals surface area contributed by atoms with Gasteiger partial charge in [-0.1, -0.05) is 0 Å². The molecule has 1 unspecified atom stereocenters. The van der Waals surface area contributed by atoms with E-state index in [0.29, 0.717) is 0 Å². The topological polar surface area (TPSA) is 54.7 Å². The Labute approximate surface area is 92.8 Å². The molecule has 0 aliphatic carbocycles. The summed E-state index contributed by atoms with van der Waals surface area (Å²) in [5.74, 6) is 0.914. The number of nitrogens with one attached hydrogen (secondary N) is 1. The average Bonchev–Trinajstić information content (AvgIpc) is 2.75. The third-order valence-corrected chi connectivity index (χ3v) is 3.10. The number of aromatic nitrogens is 2. The van der Waals surface area contributed by atoms with Gasteiger partial charge in [0.15, 0.2) is 0 Å². The molecule has 3 nitrogen and oxygen atoms in total. The predicted molar refractivity (Wildman–Crippen MR) is 61.8 cm³/mol. The number of hydrogen-bond acceptors (Lipinski definition) is 3. The van der Waals surface area contributed by atoms with E-state index in [2.05, 4.69) is 9.97 Å². The maximum absolute atomic E-state index is 5.76. The molecule has 5 heteroatoms. The van der Waals surface area contributed by atoms with Crippen LogP contribution >= 0.6 is 23.7 Å². The summed E-state index contributed by atoms with van der Waals surface area (Å²) in [4.78, 5) is 9.56. The molecule has 0 saturated carbocycles. The molecule has 0 spiro atoms. The van der Waals surface area contributed by atoms with Gasteiger partial charge in [-0.05, 0) is 19.1 Å². The van der Waals surface area contributed by atoms with E-state index >= 15 is 0 Å². The zero-order chi connectivity index (χ0) is 9.26. The second kappa shape index (κ2) is 4.59. The third kappa shape index (κ3) is 2.15. The summed E-state index contributed by atoms with van der Waals surface area (Å²) in [6, 6.07) is 4.20. The molecule has 0 saturated heterocycles. The Hall–Kier alpha value is -0.840. The zero-order valence-corrected chi connectivity index (χ0v) is 9.36. The fourth-order valence-corrected chi connectivity index (χ4v) is 2.05. The summed E-state index contributed by atoms with van der Waals surface area (Å²) in [5.41, 5.74) is 5.76. The maximum Gasteiger partial charge on any atom is 0.147 e. The Balaban J connectivity index is 0.000000980. The smallest absolute Gasteiger partial charge is 0.147 e. The van der Waals surface area contributed by atoms with Crippen LogP contribution in [0, 0.1) is 0 Å². The molecule has 0 aliphatic heterocycles. The van der Waals surface area contributed by atoms with Gasteiger partial charge in [-0.2, -0.15) is 0 Å². The highest BCUT2D eigenvalue weighted by atomic mass is 35.5. The van der Waals surface area contributed by atoms with Gasteiger partial charge >= 0.3 is 0 Å². The van der Waals surface area contributed by atoms with Crippen molar-refractivity contribution in [2.75, 3.05) is 0 Å². The number of halogens is 1. The highest BCUT2D eigenvalue weighted by molar-refractivity contribution is 7.15. The van der Waals surface area contributed by atoms with E-state index in [1.54, 1.807) is 17.5 Å². The van der Waals surface area contributed by atoms with Gasteiger partial charge in [0.1, 0.15) is 5.82 Å². The number of nitrogens with two attached hydrogens (primary N) is 1. The van der Waals surface area contributed by atoms with E-state index in [1.165, 1.54) is 4.88 Å². The summed E-state index contributed by atoms with van der Waals surface area (Å²) < 4.78 is 0. The Morgan fingerprint density at radius 1 is 1.50 bits per heavy atom. The standard InChI is InChI=1S/C9H11N3S.ClH/c1-6(10)7-2-3-8(13-7)9-11-4-5-12-9;/h2-6H,10H2,1H3,(H,11,12);1H. The predicted octanol–water partition coefficient (Wildman–Crippen LogP) is 2.58. The number of H-pyrrole nitrogens is 1. The normalized spacial score (nSPS) is 12.1. The summed E-state index contributed by atoms with van der Waals surface area (Å²) in [5, 5.41) is 0. The van der Waals surface area contributed by atoms with Crippen molar-refractivity contribution in [2.45, 2.75) is 13.0 Å². The second-order valence-electron chi connectivity index (χ2n) is 2.93. The van der Waals surface area contributed by atoms with Crippen molar-refractivity contribution in [3.63, 3.8) is 0 Å². The monoisotopic (exact) mass is 229 g/mol. The van der Waals surface area contributed by atoms with Gasteiger partial charge in [0.05, 0.1) is 4.88 Å².